The van der Waals surface area contributed by atoms with Crippen molar-refractivity contribution in [3.63, 3.8) is 0 Å². The molecule has 2 aliphatic rings. The number of nitrogens with one attached hydrogen (secondary N) is 2. The molecule has 3 N–H and O–H groups in total. The maximum absolute atomic E-state index is 13.7. The van der Waals surface area contributed by atoms with Crippen LogP contribution in [0.5, 0.6) is 17.2 Å². The second-order valence-corrected chi connectivity index (χ2v) is 12.5. The molecule has 3 aromatic carbocycles. The summed E-state index contributed by atoms with van der Waals surface area (Å²) in [4.78, 5) is 29.6. The third-order valence-electron chi connectivity index (χ3n) is 7.47. The van der Waals surface area contributed by atoms with E-state index in [4.69, 9.17) is 14.2 Å². The van der Waals surface area contributed by atoms with Crippen molar-refractivity contribution in [1.29, 1.82) is 0 Å². The monoisotopic (exact) mass is 628 g/mol. The number of carbonyl (C=O) groups is 2. The smallest absolute Gasteiger partial charge is 0.321 e. The Bertz CT molecular complexity index is 1650. The van der Waals surface area contributed by atoms with Gasteiger partial charge < -0.3 is 34.4 Å². The van der Waals surface area contributed by atoms with Gasteiger partial charge >= 0.3 is 6.03 Å². The molecular weight excluding hydrogens is 595 g/mol. The Kier molecular flexibility index (Phi) is 8.83. The van der Waals surface area contributed by atoms with E-state index in [1.54, 1.807) is 32.2 Å². The van der Waals surface area contributed by atoms with Crippen LogP contribution in [0.2, 0.25) is 0 Å². The minimum atomic E-state index is -4.09. The van der Waals surface area contributed by atoms with Gasteiger partial charge in [-0.1, -0.05) is 6.92 Å². The van der Waals surface area contributed by atoms with Crippen LogP contribution in [0, 0.1) is 11.7 Å². The third kappa shape index (κ3) is 6.65. The molecule has 0 aromatic heterocycles. The number of hydrogen-bond acceptors (Lipinski definition) is 8. The van der Waals surface area contributed by atoms with E-state index in [1.807, 2.05) is 6.92 Å². The van der Waals surface area contributed by atoms with Crippen LogP contribution in [0.3, 0.4) is 0 Å². The number of anilines is 2. The summed E-state index contributed by atoms with van der Waals surface area (Å²) in [6, 6.07) is 12.8. The Balaban J connectivity index is 1.38. The van der Waals surface area contributed by atoms with Gasteiger partial charge in [-0.3, -0.25) is 9.52 Å². The number of nitrogens with zero attached hydrogens (tertiary/aromatic N) is 2. The Labute approximate surface area is 254 Å². The number of rotatable bonds is 8. The lowest BCUT2D eigenvalue weighted by atomic mass is 9.99. The minimum absolute atomic E-state index is 0.0778. The first-order valence-electron chi connectivity index (χ1n) is 13.9. The first kappa shape index (κ1) is 30.9. The van der Waals surface area contributed by atoms with Gasteiger partial charge in [-0.15, -0.1) is 0 Å². The fraction of sp³-hybridized carbons (Fsp3) is 0.333. The van der Waals surface area contributed by atoms with Crippen LogP contribution < -0.4 is 24.2 Å². The topological polar surface area (TPSA) is 147 Å². The number of hydrogen-bond donors (Lipinski definition) is 3. The summed E-state index contributed by atoms with van der Waals surface area (Å²) in [5.41, 5.74) is 0.688. The largest absolute Gasteiger partial charge is 0.487 e. The van der Waals surface area contributed by atoms with Crippen molar-refractivity contribution >= 4 is 33.3 Å². The second-order valence-electron chi connectivity index (χ2n) is 10.8. The predicted octanol–water partition coefficient (Wildman–Crippen LogP) is 3.74. The van der Waals surface area contributed by atoms with E-state index in [0.717, 1.165) is 24.3 Å². The van der Waals surface area contributed by atoms with Crippen LogP contribution in [-0.4, -0.2) is 80.9 Å². The zero-order chi connectivity index (χ0) is 31.6. The number of amides is 3. The van der Waals surface area contributed by atoms with E-state index in [-0.39, 0.29) is 54.3 Å². The van der Waals surface area contributed by atoms with Crippen molar-refractivity contribution in [1.82, 2.24) is 9.80 Å². The minimum Gasteiger partial charge on any atom is -0.487 e. The number of sulfonamides is 1. The molecule has 0 bridgehead atoms. The number of urea groups is 1. The second kappa shape index (κ2) is 12.6. The summed E-state index contributed by atoms with van der Waals surface area (Å²) < 4.78 is 58.6. The molecule has 0 saturated carbocycles. The maximum Gasteiger partial charge on any atom is 0.321 e. The molecule has 12 nitrogen and oxygen atoms in total. The van der Waals surface area contributed by atoms with E-state index < -0.39 is 39.9 Å². The number of halogens is 1. The molecule has 0 spiro atoms. The highest BCUT2D eigenvalue weighted by Crippen LogP contribution is 2.35. The van der Waals surface area contributed by atoms with Crippen LogP contribution in [0.15, 0.2) is 65.6 Å². The van der Waals surface area contributed by atoms with E-state index in [1.165, 1.54) is 28.0 Å². The summed E-state index contributed by atoms with van der Waals surface area (Å²) in [5.74, 6) is 0.0133. The van der Waals surface area contributed by atoms with Crippen LogP contribution in [-0.2, 0) is 10.0 Å². The molecule has 14 heteroatoms. The Morgan fingerprint density at radius 3 is 2.48 bits per heavy atom. The highest BCUT2D eigenvalue weighted by molar-refractivity contribution is 7.92. The lowest BCUT2D eigenvalue weighted by molar-refractivity contribution is 0.0371. The summed E-state index contributed by atoms with van der Waals surface area (Å²) in [6.07, 6.45) is -0.579. The van der Waals surface area contributed by atoms with Crippen LogP contribution in [0.4, 0.5) is 20.6 Å². The van der Waals surface area contributed by atoms with Gasteiger partial charge in [-0.25, -0.2) is 17.6 Å². The average Bonchev–Trinajstić information content (AvgIpc) is 3.47. The van der Waals surface area contributed by atoms with Crippen molar-refractivity contribution in [2.24, 2.45) is 5.92 Å². The molecule has 2 aliphatic heterocycles. The Hall–Kier alpha value is -4.56. The van der Waals surface area contributed by atoms with Crippen molar-refractivity contribution in [2.75, 3.05) is 43.6 Å². The first-order valence-corrected chi connectivity index (χ1v) is 15.4. The van der Waals surface area contributed by atoms with Gasteiger partial charge in [0, 0.05) is 37.0 Å². The summed E-state index contributed by atoms with van der Waals surface area (Å²) >= 11 is 0. The van der Waals surface area contributed by atoms with E-state index in [2.05, 4.69) is 10.0 Å². The zero-order valence-electron chi connectivity index (χ0n) is 24.3. The van der Waals surface area contributed by atoms with Crippen molar-refractivity contribution in [3.05, 3.63) is 72.0 Å². The Morgan fingerprint density at radius 1 is 1.07 bits per heavy atom. The number of benzene rings is 3. The van der Waals surface area contributed by atoms with Gasteiger partial charge in [-0.05, 0) is 61.5 Å². The molecule has 0 unspecified atom stereocenters. The van der Waals surface area contributed by atoms with Gasteiger partial charge in [0.1, 0.15) is 17.7 Å². The molecule has 234 valence electrons. The van der Waals surface area contributed by atoms with Gasteiger partial charge in [0.05, 0.1) is 29.7 Å². The number of carbonyl (C=O) groups excluding carboxylic acids is 2. The molecule has 0 aliphatic carbocycles. The van der Waals surface area contributed by atoms with Gasteiger partial charge in [0.2, 0.25) is 6.79 Å². The third-order valence-corrected chi connectivity index (χ3v) is 8.86. The molecule has 2 heterocycles. The highest BCUT2D eigenvalue weighted by Gasteiger charge is 2.34. The normalized spacial score (nSPS) is 18.4. The van der Waals surface area contributed by atoms with Gasteiger partial charge in [0.25, 0.3) is 15.9 Å². The molecule has 5 rings (SSSR count). The average molecular weight is 629 g/mol. The van der Waals surface area contributed by atoms with Gasteiger partial charge in [0.15, 0.2) is 11.5 Å². The molecule has 3 aromatic rings. The van der Waals surface area contributed by atoms with Crippen LogP contribution in [0.25, 0.3) is 0 Å². The zero-order valence-corrected chi connectivity index (χ0v) is 25.1. The first-order chi connectivity index (χ1) is 20.9. The molecular formula is C30H33FN4O8S. The molecule has 0 radical (unpaired) electrons. The molecule has 44 heavy (non-hydrogen) atoms. The van der Waals surface area contributed by atoms with Gasteiger partial charge in [-0.2, -0.15) is 0 Å². The number of aliphatic hydroxyl groups is 1. The quantitative estimate of drug-likeness (QED) is 0.342. The van der Waals surface area contributed by atoms with E-state index in [9.17, 15) is 27.5 Å². The molecule has 3 amide bonds. The van der Waals surface area contributed by atoms with E-state index >= 15 is 0 Å². The number of aliphatic hydroxyl groups excluding tert-OH is 1. The fourth-order valence-corrected chi connectivity index (χ4v) is 5.93. The standard InChI is InChI=1S/C30H33FN4O8S/c1-18-14-35(19(2)16-36)29(37)24-12-22(33-44(39,40)23-8-4-20(31)5-9-23)7-10-25(24)43-28(18)15-34(3)30(38)32-21-6-11-26-27(13-21)42-17-41-26/h4-13,18-19,28,33,36H,14-17H2,1-3H3,(H,32,38)/t18-,19-,28+/m1/s1. The lowest BCUT2D eigenvalue weighted by Crippen LogP contribution is -2.50. The summed E-state index contributed by atoms with van der Waals surface area (Å²) in [5, 5.41) is 12.7. The SMILES string of the molecule is C[C@@H]1CN([C@H](C)CO)C(=O)c2cc(NS(=O)(=O)c3ccc(F)cc3)ccc2O[C@H]1CN(C)C(=O)Nc1ccc2c(c1)OCO2. The van der Waals surface area contributed by atoms with Crippen LogP contribution >= 0.6 is 0 Å². The number of ether oxygens (including phenoxy) is 3. The maximum atomic E-state index is 13.7. The number of fused-ring (bicyclic) bond motifs is 2. The summed E-state index contributed by atoms with van der Waals surface area (Å²) in [7, 11) is -2.47. The van der Waals surface area contributed by atoms with Crippen LogP contribution in [0.1, 0.15) is 24.2 Å². The fourth-order valence-electron chi connectivity index (χ4n) is 4.88. The number of likely N-dealkylation sites (N-methyl/N-ethyl adjacent to an activating group) is 1. The highest BCUT2D eigenvalue weighted by atomic mass is 32.2. The predicted molar refractivity (Wildman–Crippen MR) is 159 cm³/mol. The lowest BCUT2D eigenvalue weighted by Gasteiger charge is -2.38. The van der Waals surface area contributed by atoms with Crippen molar-refractivity contribution in [3.8, 4) is 17.2 Å². The van der Waals surface area contributed by atoms with Crippen molar-refractivity contribution in [2.45, 2.75) is 30.9 Å². The summed E-state index contributed by atoms with van der Waals surface area (Å²) in [6.45, 7) is 3.75. The van der Waals surface area contributed by atoms with E-state index in [0.29, 0.717) is 17.2 Å². The molecule has 3 atom stereocenters. The molecule has 0 saturated heterocycles. The molecule has 0 fully saturated rings. The van der Waals surface area contributed by atoms with Crippen molar-refractivity contribution < 1.29 is 41.7 Å². The Morgan fingerprint density at radius 2 is 1.75 bits per heavy atom.